The topological polar surface area (TPSA) is 77.0 Å². The highest BCUT2D eigenvalue weighted by Crippen LogP contribution is 2.38. The molecule has 1 amide bonds. The number of hydrogen-bond acceptors (Lipinski definition) is 7. The first-order valence-corrected chi connectivity index (χ1v) is 11.6. The van der Waals surface area contributed by atoms with Gasteiger partial charge >= 0.3 is 0 Å². The predicted molar refractivity (Wildman–Crippen MR) is 126 cm³/mol. The second kappa shape index (κ2) is 10.1. The Hall–Kier alpha value is -3.37. The molecule has 4 aromatic rings. The van der Waals surface area contributed by atoms with Crippen LogP contribution in [0.5, 0.6) is 5.75 Å². The highest BCUT2D eigenvalue weighted by molar-refractivity contribution is 7.99. The summed E-state index contributed by atoms with van der Waals surface area (Å²) < 4.78 is 31.7. The minimum absolute atomic E-state index is 0.0462. The van der Waals surface area contributed by atoms with Crippen LogP contribution in [0.25, 0.3) is 21.1 Å². The minimum atomic E-state index is -1.02. The maximum atomic E-state index is 13.3. The largest absolute Gasteiger partial charge is 0.496 e. The van der Waals surface area contributed by atoms with Gasteiger partial charge in [0.2, 0.25) is 5.91 Å². The van der Waals surface area contributed by atoms with Crippen molar-refractivity contribution in [2.24, 2.45) is 0 Å². The number of nitrogens with zero attached hydrogens (tertiary/aromatic N) is 3. The van der Waals surface area contributed by atoms with E-state index in [-0.39, 0.29) is 17.3 Å². The van der Waals surface area contributed by atoms with Crippen LogP contribution in [-0.2, 0) is 4.79 Å². The van der Waals surface area contributed by atoms with Crippen molar-refractivity contribution in [3.63, 3.8) is 0 Å². The summed E-state index contributed by atoms with van der Waals surface area (Å²) in [5.41, 5.74) is 2.61. The maximum Gasteiger partial charge on any atom is 0.234 e. The van der Waals surface area contributed by atoms with Gasteiger partial charge in [0.1, 0.15) is 21.5 Å². The molecule has 0 aliphatic heterocycles. The number of aryl methyl sites for hydroxylation is 1. The van der Waals surface area contributed by atoms with Crippen molar-refractivity contribution < 1.29 is 18.3 Å². The van der Waals surface area contributed by atoms with E-state index in [1.807, 2.05) is 37.3 Å². The summed E-state index contributed by atoms with van der Waals surface area (Å²) in [5.74, 6) is -1.56. The summed E-state index contributed by atoms with van der Waals surface area (Å²) in [4.78, 5) is 17.7. The maximum absolute atomic E-state index is 13.3. The second-order valence-electron chi connectivity index (χ2n) is 6.86. The fourth-order valence-corrected chi connectivity index (χ4v) is 4.67. The van der Waals surface area contributed by atoms with E-state index in [1.54, 1.807) is 13.2 Å². The van der Waals surface area contributed by atoms with Crippen LogP contribution in [0, 0.1) is 18.6 Å². The minimum Gasteiger partial charge on any atom is -0.496 e. The third-order valence-corrected chi connectivity index (χ3v) is 6.69. The Balaban J connectivity index is 1.42. The first-order valence-electron chi connectivity index (χ1n) is 9.77. The number of methoxy groups -OCH3 is 1. The summed E-state index contributed by atoms with van der Waals surface area (Å²) in [6, 6.07) is 14.5. The lowest BCUT2D eigenvalue weighted by Crippen LogP contribution is -2.14. The zero-order chi connectivity index (χ0) is 23.4. The molecule has 0 saturated heterocycles. The normalized spacial score (nSPS) is 10.8. The summed E-state index contributed by atoms with van der Waals surface area (Å²) in [6.07, 6.45) is 0. The number of halogens is 2. The number of ether oxygens (including phenoxy) is 1. The summed E-state index contributed by atoms with van der Waals surface area (Å²) >= 11 is 2.69. The van der Waals surface area contributed by atoms with Crippen LogP contribution in [0.2, 0.25) is 0 Å². The zero-order valence-corrected chi connectivity index (χ0v) is 19.3. The summed E-state index contributed by atoms with van der Waals surface area (Å²) in [5, 5.41) is 12.4. The number of thiazole rings is 1. The molecule has 0 fully saturated rings. The van der Waals surface area contributed by atoms with Gasteiger partial charge < -0.3 is 10.1 Å². The van der Waals surface area contributed by atoms with Crippen LogP contribution in [-0.4, -0.2) is 34.0 Å². The monoisotopic (exact) mass is 484 g/mol. The van der Waals surface area contributed by atoms with Crippen LogP contribution in [0.15, 0.2) is 59.6 Å². The molecule has 0 bridgehead atoms. The van der Waals surface area contributed by atoms with E-state index >= 15 is 0 Å². The van der Waals surface area contributed by atoms with Crippen molar-refractivity contribution in [1.29, 1.82) is 0 Å². The smallest absolute Gasteiger partial charge is 0.234 e. The molecule has 0 aliphatic carbocycles. The standard InChI is InChI=1S/C23H18F2N4O2S2/c1-13-22(33-23(26-13)15-5-3-4-6-19(15)31-2)18-9-10-21(29-28-18)32-12-20(30)27-14-7-8-16(24)17(25)11-14/h3-11H,12H2,1-2H3,(H,27,30). The Morgan fingerprint density at radius 2 is 1.91 bits per heavy atom. The highest BCUT2D eigenvalue weighted by atomic mass is 32.2. The molecular weight excluding hydrogens is 466 g/mol. The molecule has 168 valence electrons. The van der Waals surface area contributed by atoms with Gasteiger partial charge in [0.05, 0.1) is 29.0 Å². The molecular formula is C23H18F2N4O2S2. The highest BCUT2D eigenvalue weighted by Gasteiger charge is 2.16. The van der Waals surface area contributed by atoms with Gasteiger partial charge in [-0.2, -0.15) is 0 Å². The molecule has 0 unspecified atom stereocenters. The molecule has 0 saturated carbocycles. The van der Waals surface area contributed by atoms with E-state index in [0.29, 0.717) is 10.7 Å². The number of hydrogen-bond donors (Lipinski definition) is 1. The number of carbonyl (C=O) groups excluding carboxylic acids is 1. The number of thioether (sulfide) groups is 1. The lowest BCUT2D eigenvalue weighted by atomic mass is 10.2. The van der Waals surface area contributed by atoms with Crippen molar-refractivity contribution in [1.82, 2.24) is 15.2 Å². The Kier molecular flexibility index (Phi) is 6.95. The molecule has 33 heavy (non-hydrogen) atoms. The van der Waals surface area contributed by atoms with Gasteiger partial charge in [-0.3, -0.25) is 4.79 Å². The van der Waals surface area contributed by atoms with Gasteiger partial charge in [0.15, 0.2) is 11.6 Å². The average Bonchev–Trinajstić information content (AvgIpc) is 3.21. The Morgan fingerprint density at radius 1 is 1.09 bits per heavy atom. The zero-order valence-electron chi connectivity index (χ0n) is 17.6. The number of carbonyl (C=O) groups is 1. The van der Waals surface area contributed by atoms with Crippen LogP contribution in [0.4, 0.5) is 14.5 Å². The first-order chi connectivity index (χ1) is 15.9. The molecule has 1 N–H and O–H groups in total. The molecule has 0 aliphatic rings. The molecule has 2 aromatic carbocycles. The van der Waals surface area contributed by atoms with Crippen LogP contribution in [0.3, 0.4) is 0 Å². The third-order valence-electron chi connectivity index (χ3n) is 4.56. The lowest BCUT2D eigenvalue weighted by Gasteiger charge is -2.05. The molecule has 0 atom stereocenters. The van der Waals surface area contributed by atoms with Gasteiger partial charge in [0, 0.05) is 11.8 Å². The Morgan fingerprint density at radius 3 is 2.64 bits per heavy atom. The number of benzene rings is 2. The summed E-state index contributed by atoms with van der Waals surface area (Å²) in [7, 11) is 1.63. The van der Waals surface area contributed by atoms with Gasteiger partial charge in [-0.25, -0.2) is 13.8 Å². The molecule has 6 nitrogen and oxygen atoms in total. The van der Waals surface area contributed by atoms with E-state index in [0.717, 1.165) is 39.0 Å². The fraction of sp³-hybridized carbons (Fsp3) is 0.130. The molecule has 4 rings (SSSR count). The van der Waals surface area contributed by atoms with Crippen molar-refractivity contribution in [2.45, 2.75) is 11.9 Å². The second-order valence-corrected chi connectivity index (χ2v) is 8.85. The molecule has 2 heterocycles. The quantitative estimate of drug-likeness (QED) is 0.345. The number of aromatic nitrogens is 3. The van der Waals surface area contributed by atoms with Gasteiger partial charge in [-0.05, 0) is 43.3 Å². The lowest BCUT2D eigenvalue weighted by molar-refractivity contribution is -0.113. The van der Waals surface area contributed by atoms with E-state index in [2.05, 4.69) is 20.5 Å². The van der Waals surface area contributed by atoms with Gasteiger partial charge in [0.25, 0.3) is 0 Å². The van der Waals surface area contributed by atoms with E-state index in [1.165, 1.54) is 29.2 Å². The molecule has 10 heteroatoms. The molecule has 0 spiro atoms. The third kappa shape index (κ3) is 5.35. The van der Waals surface area contributed by atoms with Crippen molar-refractivity contribution in [3.05, 3.63) is 71.9 Å². The van der Waals surface area contributed by atoms with Crippen molar-refractivity contribution in [2.75, 3.05) is 18.2 Å². The van der Waals surface area contributed by atoms with Crippen molar-refractivity contribution in [3.8, 4) is 26.9 Å². The van der Waals surface area contributed by atoms with E-state index < -0.39 is 11.6 Å². The Labute approximate surface area is 197 Å². The van der Waals surface area contributed by atoms with Crippen LogP contribution in [0.1, 0.15) is 5.69 Å². The van der Waals surface area contributed by atoms with Gasteiger partial charge in [-0.1, -0.05) is 23.9 Å². The predicted octanol–water partition coefficient (Wildman–Crippen LogP) is 5.59. The van der Waals surface area contributed by atoms with E-state index in [4.69, 9.17) is 4.74 Å². The number of amides is 1. The van der Waals surface area contributed by atoms with Gasteiger partial charge in [-0.15, -0.1) is 21.5 Å². The number of para-hydroxylation sites is 1. The molecule has 0 radical (unpaired) electrons. The SMILES string of the molecule is COc1ccccc1-c1nc(C)c(-c2ccc(SCC(=O)Nc3ccc(F)c(F)c3)nn2)s1. The van der Waals surface area contributed by atoms with Crippen LogP contribution >= 0.6 is 23.1 Å². The summed E-state index contributed by atoms with van der Waals surface area (Å²) in [6.45, 7) is 1.91. The number of rotatable bonds is 7. The Bertz CT molecular complexity index is 1300. The van der Waals surface area contributed by atoms with Crippen LogP contribution < -0.4 is 10.1 Å². The average molecular weight is 485 g/mol. The fourth-order valence-electron chi connectivity index (χ4n) is 3.00. The molecule has 2 aromatic heterocycles. The first kappa shape index (κ1) is 22.8. The number of anilines is 1. The van der Waals surface area contributed by atoms with E-state index in [9.17, 15) is 13.6 Å². The number of nitrogens with one attached hydrogen (secondary N) is 1. The van der Waals surface area contributed by atoms with Crippen molar-refractivity contribution >= 4 is 34.7 Å².